The van der Waals surface area contributed by atoms with Gasteiger partial charge in [0.05, 0.1) is 11.2 Å². The molecule has 130 valence electrons. The van der Waals surface area contributed by atoms with E-state index in [1.807, 2.05) is 12.1 Å². The second-order valence-corrected chi connectivity index (χ2v) is 8.81. The molecule has 0 atom stereocenters. The first-order valence-corrected chi connectivity index (χ1v) is 10.5. The lowest BCUT2D eigenvalue weighted by Crippen LogP contribution is -2.34. The van der Waals surface area contributed by atoms with E-state index in [1.165, 1.54) is 12.1 Å². The maximum Gasteiger partial charge on any atom is 0.240 e. The lowest BCUT2D eigenvalue weighted by molar-refractivity contribution is 0.573. The van der Waals surface area contributed by atoms with Gasteiger partial charge in [-0.1, -0.05) is 24.3 Å². The molecular formula is C15H19N3O4S2. The summed E-state index contributed by atoms with van der Waals surface area (Å²) in [6.07, 6.45) is 1.01. The van der Waals surface area contributed by atoms with Gasteiger partial charge >= 0.3 is 0 Å². The summed E-state index contributed by atoms with van der Waals surface area (Å²) in [7, 11) is -7.04. The van der Waals surface area contributed by atoms with Crippen LogP contribution in [-0.4, -0.2) is 36.2 Å². The number of rotatable bonds is 7. The molecule has 24 heavy (non-hydrogen) atoms. The molecular weight excluding hydrogens is 350 g/mol. The first kappa shape index (κ1) is 18.4. The van der Waals surface area contributed by atoms with Gasteiger partial charge in [0, 0.05) is 18.8 Å². The number of hydrogen-bond donors (Lipinski definition) is 3. The first-order valence-electron chi connectivity index (χ1n) is 7.08. The molecule has 2 aromatic carbocycles. The molecule has 0 radical (unpaired) electrons. The molecule has 0 saturated heterocycles. The number of nitrogen functional groups attached to an aromatic ring is 1. The van der Waals surface area contributed by atoms with Gasteiger partial charge in [-0.05, 0) is 35.4 Å². The van der Waals surface area contributed by atoms with Crippen molar-refractivity contribution < 1.29 is 16.8 Å². The Kier molecular flexibility index (Phi) is 5.60. The van der Waals surface area contributed by atoms with E-state index in [9.17, 15) is 16.8 Å². The SMILES string of the molecule is CS(=O)(=O)NCCNS(=O)(=O)c1ccc(-c2cccc(N)c2)cc1. The van der Waals surface area contributed by atoms with E-state index in [4.69, 9.17) is 5.73 Å². The number of hydrogen-bond acceptors (Lipinski definition) is 5. The van der Waals surface area contributed by atoms with E-state index in [1.54, 1.807) is 24.3 Å². The molecule has 9 heteroatoms. The fourth-order valence-electron chi connectivity index (χ4n) is 2.05. The Bertz CT molecular complexity index is 908. The van der Waals surface area contributed by atoms with Gasteiger partial charge in [-0.3, -0.25) is 0 Å². The predicted octanol–water partition coefficient (Wildman–Crippen LogP) is 0.763. The van der Waals surface area contributed by atoms with E-state index in [0.717, 1.165) is 17.4 Å². The molecule has 0 heterocycles. The van der Waals surface area contributed by atoms with Gasteiger partial charge in [0.1, 0.15) is 0 Å². The molecule has 0 aliphatic rings. The number of anilines is 1. The summed E-state index contributed by atoms with van der Waals surface area (Å²) in [6, 6.07) is 13.7. The molecule has 0 bridgehead atoms. The summed E-state index contributed by atoms with van der Waals surface area (Å²) in [5, 5.41) is 0. The predicted molar refractivity (Wildman–Crippen MR) is 94.3 cm³/mol. The van der Waals surface area contributed by atoms with Crippen LogP contribution in [0.1, 0.15) is 0 Å². The Morgan fingerprint density at radius 3 is 2.08 bits per heavy atom. The fourth-order valence-corrected chi connectivity index (χ4v) is 3.55. The minimum absolute atomic E-state index is 0.0144. The number of benzene rings is 2. The molecule has 0 spiro atoms. The van der Waals surface area contributed by atoms with Crippen LogP contribution in [0.3, 0.4) is 0 Å². The van der Waals surface area contributed by atoms with Gasteiger partial charge < -0.3 is 5.73 Å². The molecule has 0 aromatic heterocycles. The fraction of sp³-hybridized carbons (Fsp3) is 0.200. The standard InChI is InChI=1S/C15H19N3O4S2/c1-23(19,20)17-9-10-18-24(21,22)15-7-5-12(6-8-15)13-3-2-4-14(16)11-13/h2-8,11,17-18H,9-10,16H2,1H3. The Morgan fingerprint density at radius 2 is 1.50 bits per heavy atom. The zero-order valence-corrected chi connectivity index (χ0v) is 14.7. The maximum absolute atomic E-state index is 12.2. The summed E-state index contributed by atoms with van der Waals surface area (Å²) in [4.78, 5) is 0.106. The maximum atomic E-state index is 12.2. The molecule has 2 rings (SSSR count). The first-order chi connectivity index (χ1) is 11.2. The van der Waals surface area contributed by atoms with Crippen LogP contribution >= 0.6 is 0 Å². The van der Waals surface area contributed by atoms with Gasteiger partial charge in [0.25, 0.3) is 0 Å². The molecule has 0 saturated carbocycles. The second kappa shape index (κ2) is 7.31. The zero-order valence-electron chi connectivity index (χ0n) is 13.1. The highest BCUT2D eigenvalue weighted by Crippen LogP contribution is 2.22. The highest BCUT2D eigenvalue weighted by atomic mass is 32.2. The van der Waals surface area contributed by atoms with Crippen molar-refractivity contribution in [2.75, 3.05) is 25.1 Å². The van der Waals surface area contributed by atoms with E-state index in [2.05, 4.69) is 9.44 Å². The van der Waals surface area contributed by atoms with Crippen molar-refractivity contribution in [1.29, 1.82) is 0 Å². The van der Waals surface area contributed by atoms with Crippen LogP contribution in [0, 0.1) is 0 Å². The van der Waals surface area contributed by atoms with Gasteiger partial charge in [-0.25, -0.2) is 26.3 Å². The van der Waals surface area contributed by atoms with E-state index in [0.29, 0.717) is 5.69 Å². The molecule has 7 nitrogen and oxygen atoms in total. The monoisotopic (exact) mass is 369 g/mol. The van der Waals surface area contributed by atoms with Gasteiger partial charge in [0.2, 0.25) is 20.0 Å². The minimum atomic E-state index is -3.69. The van der Waals surface area contributed by atoms with Crippen molar-refractivity contribution in [1.82, 2.24) is 9.44 Å². The number of nitrogens with two attached hydrogens (primary N) is 1. The van der Waals surface area contributed by atoms with Crippen molar-refractivity contribution in [3.05, 3.63) is 48.5 Å². The van der Waals surface area contributed by atoms with Crippen LogP contribution in [0.5, 0.6) is 0 Å². The van der Waals surface area contributed by atoms with Crippen molar-refractivity contribution in [3.63, 3.8) is 0 Å². The molecule has 0 amide bonds. The van der Waals surface area contributed by atoms with E-state index in [-0.39, 0.29) is 18.0 Å². The number of nitrogens with one attached hydrogen (secondary N) is 2. The largest absolute Gasteiger partial charge is 0.399 e. The topological polar surface area (TPSA) is 118 Å². The van der Waals surface area contributed by atoms with Gasteiger partial charge in [0.15, 0.2) is 0 Å². The van der Waals surface area contributed by atoms with Crippen molar-refractivity contribution in [3.8, 4) is 11.1 Å². The quantitative estimate of drug-likeness (QED) is 0.492. The molecule has 2 aromatic rings. The van der Waals surface area contributed by atoms with Crippen LogP contribution in [0.4, 0.5) is 5.69 Å². The van der Waals surface area contributed by atoms with Crippen molar-refractivity contribution >= 4 is 25.7 Å². The second-order valence-electron chi connectivity index (χ2n) is 5.21. The molecule has 0 aliphatic heterocycles. The van der Waals surface area contributed by atoms with Crippen LogP contribution in [-0.2, 0) is 20.0 Å². The normalized spacial score (nSPS) is 12.2. The average Bonchev–Trinajstić information content (AvgIpc) is 2.51. The molecule has 0 aliphatic carbocycles. The molecule has 0 fully saturated rings. The summed E-state index contributed by atoms with van der Waals surface area (Å²) in [6.45, 7) is -0.0498. The van der Waals surface area contributed by atoms with Gasteiger partial charge in [-0.2, -0.15) is 0 Å². The van der Waals surface area contributed by atoms with Crippen LogP contribution in [0.2, 0.25) is 0 Å². The lowest BCUT2D eigenvalue weighted by atomic mass is 10.1. The summed E-state index contributed by atoms with van der Waals surface area (Å²) in [5.41, 5.74) is 8.11. The number of sulfonamides is 2. The highest BCUT2D eigenvalue weighted by Gasteiger charge is 2.13. The summed E-state index contributed by atoms with van der Waals surface area (Å²) < 4.78 is 50.7. The molecule has 4 N–H and O–H groups in total. The smallest absolute Gasteiger partial charge is 0.240 e. The minimum Gasteiger partial charge on any atom is -0.399 e. The van der Waals surface area contributed by atoms with Gasteiger partial charge in [-0.15, -0.1) is 0 Å². The van der Waals surface area contributed by atoms with Crippen LogP contribution in [0.15, 0.2) is 53.4 Å². The average molecular weight is 369 g/mol. The van der Waals surface area contributed by atoms with Crippen LogP contribution < -0.4 is 15.2 Å². The third-order valence-electron chi connectivity index (χ3n) is 3.17. The Balaban J connectivity index is 2.06. The van der Waals surface area contributed by atoms with Crippen molar-refractivity contribution in [2.24, 2.45) is 0 Å². The van der Waals surface area contributed by atoms with E-state index < -0.39 is 20.0 Å². The Hall–Kier alpha value is -1.94. The lowest BCUT2D eigenvalue weighted by Gasteiger charge is -2.08. The van der Waals surface area contributed by atoms with Crippen molar-refractivity contribution in [2.45, 2.75) is 4.90 Å². The van der Waals surface area contributed by atoms with E-state index >= 15 is 0 Å². The summed E-state index contributed by atoms with van der Waals surface area (Å²) in [5.74, 6) is 0. The molecule has 0 unspecified atom stereocenters. The third kappa shape index (κ3) is 5.31. The highest BCUT2D eigenvalue weighted by molar-refractivity contribution is 7.89. The Labute approximate surface area is 142 Å². The van der Waals surface area contributed by atoms with Crippen LogP contribution in [0.25, 0.3) is 11.1 Å². The zero-order chi connectivity index (χ0) is 17.8. The summed E-state index contributed by atoms with van der Waals surface area (Å²) >= 11 is 0. The third-order valence-corrected chi connectivity index (χ3v) is 5.37. The Morgan fingerprint density at radius 1 is 0.875 bits per heavy atom.